The first-order valence-electron chi connectivity index (χ1n) is 8.92. The van der Waals surface area contributed by atoms with Gasteiger partial charge in [0, 0.05) is 32.3 Å². The van der Waals surface area contributed by atoms with Crippen LogP contribution in [0.4, 0.5) is 13.2 Å². The van der Waals surface area contributed by atoms with Gasteiger partial charge >= 0.3 is 6.18 Å². The Kier molecular flexibility index (Phi) is 6.96. The topological polar surface area (TPSA) is 59.0 Å². The minimum absolute atomic E-state index is 0. The molecular formula is C17H26ClF3N4O. The molecule has 1 unspecified atom stereocenters. The Balaban J connectivity index is 0.00000243. The Morgan fingerprint density at radius 1 is 1.31 bits per heavy atom. The van der Waals surface area contributed by atoms with Gasteiger partial charge in [0.25, 0.3) is 0 Å². The van der Waals surface area contributed by atoms with Crippen LogP contribution in [-0.4, -0.2) is 41.0 Å². The number of halogens is 4. The van der Waals surface area contributed by atoms with Gasteiger partial charge in [-0.3, -0.25) is 9.48 Å². The summed E-state index contributed by atoms with van der Waals surface area (Å²) in [5.41, 5.74) is 0.883. The maximum Gasteiger partial charge on any atom is 0.408 e. The molecule has 1 saturated heterocycles. The molecule has 26 heavy (non-hydrogen) atoms. The number of rotatable bonds is 4. The predicted octanol–water partition coefficient (Wildman–Crippen LogP) is 2.77. The molecular weight excluding hydrogens is 369 g/mol. The average molecular weight is 395 g/mol. The van der Waals surface area contributed by atoms with E-state index in [1.54, 1.807) is 17.9 Å². The van der Waals surface area contributed by atoms with Gasteiger partial charge in [0.1, 0.15) is 6.04 Å². The van der Waals surface area contributed by atoms with Crippen LogP contribution in [0.2, 0.25) is 0 Å². The predicted molar refractivity (Wildman–Crippen MR) is 94.1 cm³/mol. The highest BCUT2D eigenvalue weighted by Crippen LogP contribution is 2.35. The zero-order valence-electron chi connectivity index (χ0n) is 14.8. The standard InChI is InChI=1S/C17H25F3N4O.ClH/c1-24-10-12(7-22-24)13-8-21-9-14(13)16(25)23-15(17(18,19)20)11-5-3-2-4-6-11;/h7,10-11,13-15,21H,2-6,8-9H2,1H3,(H,23,25);1H/t13-,14+,15?;/m1./s1. The van der Waals surface area contributed by atoms with Crippen LogP contribution in [0.5, 0.6) is 0 Å². The van der Waals surface area contributed by atoms with Crippen LogP contribution in [0.1, 0.15) is 43.6 Å². The van der Waals surface area contributed by atoms with E-state index in [9.17, 15) is 18.0 Å². The van der Waals surface area contributed by atoms with Crippen molar-refractivity contribution in [2.24, 2.45) is 18.9 Å². The Morgan fingerprint density at radius 2 is 2.00 bits per heavy atom. The van der Waals surface area contributed by atoms with Gasteiger partial charge in [-0.2, -0.15) is 18.3 Å². The molecule has 0 aromatic carbocycles. The fraction of sp³-hybridized carbons (Fsp3) is 0.765. The minimum Gasteiger partial charge on any atom is -0.344 e. The maximum absolute atomic E-state index is 13.5. The fourth-order valence-corrected chi connectivity index (χ4v) is 4.13. The van der Waals surface area contributed by atoms with E-state index < -0.39 is 30.0 Å². The van der Waals surface area contributed by atoms with Gasteiger partial charge in [-0.05, 0) is 24.3 Å². The van der Waals surface area contributed by atoms with Crippen molar-refractivity contribution < 1.29 is 18.0 Å². The first-order chi connectivity index (χ1) is 11.9. The summed E-state index contributed by atoms with van der Waals surface area (Å²) >= 11 is 0. The number of nitrogens with one attached hydrogen (secondary N) is 2. The molecule has 5 nitrogen and oxygen atoms in total. The van der Waals surface area contributed by atoms with Crippen molar-refractivity contribution in [2.75, 3.05) is 13.1 Å². The van der Waals surface area contributed by atoms with Gasteiger partial charge < -0.3 is 10.6 Å². The van der Waals surface area contributed by atoms with Crippen LogP contribution < -0.4 is 10.6 Å². The zero-order valence-corrected chi connectivity index (χ0v) is 15.6. The average Bonchev–Trinajstić information content (AvgIpc) is 3.20. The molecule has 0 spiro atoms. The quantitative estimate of drug-likeness (QED) is 0.825. The maximum atomic E-state index is 13.5. The van der Waals surface area contributed by atoms with E-state index in [0.717, 1.165) is 24.8 Å². The first-order valence-corrected chi connectivity index (χ1v) is 8.92. The van der Waals surface area contributed by atoms with Crippen molar-refractivity contribution in [2.45, 2.75) is 50.2 Å². The van der Waals surface area contributed by atoms with Crippen LogP contribution in [0.25, 0.3) is 0 Å². The second-order valence-corrected chi connectivity index (χ2v) is 7.24. The molecule has 2 fully saturated rings. The molecule has 2 aliphatic rings. The summed E-state index contributed by atoms with van der Waals surface area (Å²) in [6, 6.07) is -1.74. The van der Waals surface area contributed by atoms with Crippen molar-refractivity contribution in [3.63, 3.8) is 0 Å². The molecule has 1 aromatic rings. The molecule has 1 saturated carbocycles. The Morgan fingerprint density at radius 3 is 2.58 bits per heavy atom. The number of amides is 1. The van der Waals surface area contributed by atoms with Gasteiger partial charge in [0.15, 0.2) is 0 Å². The van der Waals surface area contributed by atoms with Gasteiger partial charge in [0.05, 0.1) is 12.1 Å². The molecule has 0 bridgehead atoms. The van der Waals surface area contributed by atoms with Crippen molar-refractivity contribution in [1.29, 1.82) is 0 Å². The summed E-state index contributed by atoms with van der Waals surface area (Å²) < 4.78 is 42.2. The van der Waals surface area contributed by atoms with Crippen molar-refractivity contribution in [3.05, 3.63) is 18.0 Å². The van der Waals surface area contributed by atoms with Crippen molar-refractivity contribution in [3.8, 4) is 0 Å². The lowest BCUT2D eigenvalue weighted by atomic mass is 9.83. The third-order valence-corrected chi connectivity index (χ3v) is 5.48. The van der Waals surface area contributed by atoms with Crippen molar-refractivity contribution >= 4 is 18.3 Å². The van der Waals surface area contributed by atoms with Gasteiger partial charge in [-0.25, -0.2) is 0 Å². The number of nitrogens with zero attached hydrogens (tertiary/aromatic N) is 2. The van der Waals surface area contributed by atoms with E-state index in [4.69, 9.17) is 0 Å². The number of carbonyl (C=O) groups excluding carboxylic acids is 1. The third kappa shape index (κ3) is 4.71. The number of hydrogen-bond donors (Lipinski definition) is 2. The van der Waals surface area contributed by atoms with Crippen LogP contribution in [0.3, 0.4) is 0 Å². The second-order valence-electron chi connectivity index (χ2n) is 7.24. The van der Waals surface area contributed by atoms with Crippen LogP contribution in [0.15, 0.2) is 12.4 Å². The summed E-state index contributed by atoms with van der Waals surface area (Å²) in [5, 5.41) is 9.57. The molecule has 1 aliphatic carbocycles. The third-order valence-electron chi connectivity index (χ3n) is 5.48. The highest BCUT2D eigenvalue weighted by molar-refractivity contribution is 5.85. The monoisotopic (exact) mass is 394 g/mol. The number of carbonyl (C=O) groups is 1. The molecule has 0 radical (unpaired) electrons. The Bertz CT molecular complexity index is 601. The molecule has 1 aliphatic heterocycles. The van der Waals surface area contributed by atoms with E-state index in [0.29, 0.717) is 25.9 Å². The highest BCUT2D eigenvalue weighted by Gasteiger charge is 2.47. The van der Waals surface area contributed by atoms with Crippen LogP contribution in [0, 0.1) is 11.8 Å². The number of aromatic nitrogens is 2. The molecule has 148 valence electrons. The van der Waals surface area contributed by atoms with E-state index in [2.05, 4.69) is 15.7 Å². The Labute approximate surface area is 157 Å². The van der Waals surface area contributed by atoms with E-state index in [1.165, 1.54) is 0 Å². The lowest BCUT2D eigenvalue weighted by molar-refractivity contribution is -0.175. The molecule has 2 heterocycles. The lowest BCUT2D eigenvalue weighted by Gasteiger charge is -2.33. The van der Waals surface area contributed by atoms with E-state index in [1.807, 2.05) is 6.20 Å². The largest absolute Gasteiger partial charge is 0.408 e. The molecule has 1 amide bonds. The van der Waals surface area contributed by atoms with Crippen LogP contribution >= 0.6 is 12.4 Å². The number of hydrogen-bond acceptors (Lipinski definition) is 3. The summed E-state index contributed by atoms with van der Waals surface area (Å²) in [7, 11) is 1.78. The summed E-state index contributed by atoms with van der Waals surface area (Å²) in [6.45, 7) is 0.963. The summed E-state index contributed by atoms with van der Waals surface area (Å²) in [5.74, 6) is -1.66. The Hall–Kier alpha value is -1.28. The highest BCUT2D eigenvalue weighted by atomic mass is 35.5. The van der Waals surface area contributed by atoms with Gasteiger partial charge in [0.2, 0.25) is 5.91 Å². The van der Waals surface area contributed by atoms with E-state index in [-0.39, 0.29) is 18.3 Å². The number of aryl methyl sites for hydroxylation is 1. The smallest absolute Gasteiger partial charge is 0.344 e. The van der Waals surface area contributed by atoms with Gasteiger partial charge in [-0.1, -0.05) is 19.3 Å². The molecule has 2 N–H and O–H groups in total. The summed E-state index contributed by atoms with van der Waals surface area (Å²) in [4.78, 5) is 12.7. The zero-order chi connectivity index (χ0) is 18.0. The molecule has 1 aromatic heterocycles. The molecule has 9 heteroatoms. The minimum atomic E-state index is -4.41. The van der Waals surface area contributed by atoms with Gasteiger partial charge in [-0.15, -0.1) is 12.4 Å². The van der Waals surface area contributed by atoms with E-state index >= 15 is 0 Å². The summed E-state index contributed by atoms with van der Waals surface area (Å²) in [6.07, 6.45) is 2.73. The SMILES string of the molecule is Cl.Cn1cc([C@H]2CNC[C@@H]2C(=O)NC(C2CCCCC2)C(F)(F)F)cn1. The normalized spacial score (nSPS) is 25.5. The lowest BCUT2D eigenvalue weighted by Crippen LogP contribution is -2.52. The number of alkyl halides is 3. The molecule has 3 atom stereocenters. The van der Waals surface area contributed by atoms with Crippen molar-refractivity contribution in [1.82, 2.24) is 20.4 Å². The first kappa shape index (κ1) is 21.0. The van der Waals surface area contributed by atoms with Crippen LogP contribution in [-0.2, 0) is 11.8 Å². The fourth-order valence-electron chi connectivity index (χ4n) is 4.13. The second kappa shape index (κ2) is 8.61. The molecule has 3 rings (SSSR count).